The van der Waals surface area contributed by atoms with Gasteiger partial charge in [-0.15, -0.1) is 22.7 Å². The number of thiophene rings is 1. The van der Waals surface area contributed by atoms with E-state index in [2.05, 4.69) is 28.7 Å². The molecule has 6 heteroatoms. The van der Waals surface area contributed by atoms with Gasteiger partial charge in [0.05, 0.1) is 12.2 Å². The molecule has 0 atom stereocenters. The molecule has 0 aliphatic rings. The van der Waals surface area contributed by atoms with Gasteiger partial charge in [-0.25, -0.2) is 4.98 Å². The van der Waals surface area contributed by atoms with E-state index in [1.807, 2.05) is 0 Å². The number of thiazole rings is 1. The summed E-state index contributed by atoms with van der Waals surface area (Å²) in [5, 5.41) is 17.0. The smallest absolute Gasteiger partial charge is 0.315 e. The third-order valence-electron chi connectivity index (χ3n) is 3.05. The summed E-state index contributed by atoms with van der Waals surface area (Å²) in [7, 11) is 0. The van der Waals surface area contributed by atoms with E-state index >= 15 is 0 Å². The van der Waals surface area contributed by atoms with Crippen LogP contribution in [0.4, 0.5) is 5.13 Å². The lowest BCUT2D eigenvalue weighted by atomic mass is 9.90. The monoisotopic (exact) mass is 296 g/mol. The molecule has 0 fully saturated rings. The van der Waals surface area contributed by atoms with Crippen LogP contribution in [-0.4, -0.2) is 16.1 Å². The van der Waals surface area contributed by atoms with Crippen molar-refractivity contribution in [1.82, 2.24) is 4.98 Å². The van der Waals surface area contributed by atoms with Crippen LogP contribution >= 0.6 is 22.7 Å². The molecule has 0 aromatic carbocycles. The predicted molar refractivity (Wildman–Crippen MR) is 79.2 cm³/mol. The molecule has 0 saturated heterocycles. The SMILES string of the molecule is Cc1ccsc1CNc1nc(C(C)(C)C(=O)O)cs1. The fraction of sp³-hybridized carbons (Fsp3) is 0.385. The van der Waals surface area contributed by atoms with Crippen molar-refractivity contribution in [1.29, 1.82) is 0 Å². The van der Waals surface area contributed by atoms with Crippen LogP contribution in [0, 0.1) is 6.92 Å². The summed E-state index contributed by atoms with van der Waals surface area (Å²) < 4.78 is 0. The summed E-state index contributed by atoms with van der Waals surface area (Å²) >= 11 is 3.15. The van der Waals surface area contributed by atoms with E-state index in [1.54, 1.807) is 30.6 Å². The number of carboxylic acids is 1. The number of nitrogens with one attached hydrogen (secondary N) is 1. The van der Waals surface area contributed by atoms with Gasteiger partial charge in [-0.1, -0.05) is 0 Å². The van der Waals surface area contributed by atoms with Crippen molar-refractivity contribution in [2.45, 2.75) is 32.7 Å². The van der Waals surface area contributed by atoms with E-state index in [9.17, 15) is 4.79 Å². The van der Waals surface area contributed by atoms with E-state index in [1.165, 1.54) is 21.8 Å². The minimum atomic E-state index is -0.949. The molecule has 0 unspecified atom stereocenters. The highest BCUT2D eigenvalue weighted by atomic mass is 32.1. The van der Waals surface area contributed by atoms with Gasteiger partial charge < -0.3 is 10.4 Å². The van der Waals surface area contributed by atoms with Crippen molar-refractivity contribution >= 4 is 33.8 Å². The Balaban J connectivity index is 2.06. The van der Waals surface area contributed by atoms with Crippen LogP contribution < -0.4 is 5.32 Å². The minimum absolute atomic E-state index is 0.593. The molecular formula is C13H16N2O2S2. The molecule has 0 bridgehead atoms. The average Bonchev–Trinajstić information content (AvgIpc) is 2.95. The summed E-state index contributed by atoms with van der Waals surface area (Å²) in [4.78, 5) is 16.8. The molecule has 102 valence electrons. The summed E-state index contributed by atoms with van der Waals surface area (Å²) in [5.41, 5.74) is 0.908. The quantitative estimate of drug-likeness (QED) is 0.886. The van der Waals surface area contributed by atoms with Crippen LogP contribution in [0.25, 0.3) is 0 Å². The minimum Gasteiger partial charge on any atom is -0.481 e. The number of nitrogens with zero attached hydrogens (tertiary/aromatic N) is 1. The molecule has 2 aromatic heterocycles. The number of carbonyl (C=O) groups is 1. The Kier molecular flexibility index (Phi) is 3.91. The van der Waals surface area contributed by atoms with Crippen molar-refractivity contribution < 1.29 is 9.90 Å². The number of anilines is 1. The highest BCUT2D eigenvalue weighted by Gasteiger charge is 2.32. The van der Waals surface area contributed by atoms with Crippen LogP contribution in [0.15, 0.2) is 16.8 Å². The summed E-state index contributed by atoms with van der Waals surface area (Å²) in [6, 6.07) is 2.09. The lowest BCUT2D eigenvalue weighted by molar-refractivity contribution is -0.142. The van der Waals surface area contributed by atoms with Gasteiger partial charge in [0.25, 0.3) is 0 Å². The molecule has 0 saturated carbocycles. The van der Waals surface area contributed by atoms with Crippen LogP contribution in [0.2, 0.25) is 0 Å². The molecule has 2 heterocycles. The van der Waals surface area contributed by atoms with Gasteiger partial charge in [0.2, 0.25) is 0 Å². The van der Waals surface area contributed by atoms with Gasteiger partial charge >= 0.3 is 5.97 Å². The molecule has 0 radical (unpaired) electrons. The lowest BCUT2D eigenvalue weighted by Crippen LogP contribution is -2.28. The second kappa shape index (κ2) is 5.30. The lowest BCUT2D eigenvalue weighted by Gasteiger charge is -2.15. The summed E-state index contributed by atoms with van der Waals surface area (Å²) in [6.07, 6.45) is 0. The number of aliphatic carboxylic acids is 1. The molecule has 0 spiro atoms. The van der Waals surface area contributed by atoms with Crippen molar-refractivity contribution in [2.24, 2.45) is 0 Å². The number of hydrogen-bond donors (Lipinski definition) is 2. The van der Waals surface area contributed by atoms with E-state index in [-0.39, 0.29) is 0 Å². The number of rotatable bonds is 5. The Morgan fingerprint density at radius 2 is 2.21 bits per heavy atom. The van der Waals surface area contributed by atoms with Crippen LogP contribution in [0.3, 0.4) is 0 Å². The first-order valence-corrected chi connectivity index (χ1v) is 7.63. The van der Waals surface area contributed by atoms with Crippen LogP contribution in [0.5, 0.6) is 0 Å². The normalized spacial score (nSPS) is 11.5. The Labute approximate surface area is 120 Å². The standard InChI is InChI=1S/C13H16N2O2S2/c1-8-4-5-18-9(8)6-14-12-15-10(7-19-12)13(2,3)11(16)17/h4-5,7H,6H2,1-3H3,(H,14,15)(H,16,17). The molecule has 19 heavy (non-hydrogen) atoms. The van der Waals surface area contributed by atoms with Gasteiger partial charge in [0.1, 0.15) is 5.41 Å². The molecule has 0 amide bonds. The van der Waals surface area contributed by atoms with Crippen molar-refractivity contribution in [3.05, 3.63) is 33.0 Å². The topological polar surface area (TPSA) is 62.2 Å². The first kappa shape index (κ1) is 14.0. The fourth-order valence-electron chi connectivity index (χ4n) is 1.49. The molecule has 0 aliphatic heterocycles. The summed E-state index contributed by atoms with van der Waals surface area (Å²) in [5.74, 6) is -0.863. The van der Waals surface area contributed by atoms with Crippen LogP contribution in [0.1, 0.15) is 30.0 Å². The average molecular weight is 296 g/mol. The highest BCUT2D eigenvalue weighted by Crippen LogP contribution is 2.28. The number of aryl methyl sites for hydroxylation is 1. The Morgan fingerprint density at radius 1 is 1.47 bits per heavy atom. The third-order valence-corrected chi connectivity index (χ3v) is 4.87. The van der Waals surface area contributed by atoms with E-state index in [0.717, 1.165) is 11.7 Å². The van der Waals surface area contributed by atoms with E-state index < -0.39 is 11.4 Å². The molecule has 2 aromatic rings. The molecule has 2 N–H and O–H groups in total. The molecule has 0 aliphatic carbocycles. The van der Waals surface area contributed by atoms with Gasteiger partial charge in [0, 0.05) is 10.3 Å². The van der Waals surface area contributed by atoms with Gasteiger partial charge in [-0.05, 0) is 37.8 Å². The van der Waals surface area contributed by atoms with Crippen molar-refractivity contribution in [3.63, 3.8) is 0 Å². The fourth-order valence-corrected chi connectivity index (χ4v) is 3.22. The van der Waals surface area contributed by atoms with Crippen molar-refractivity contribution in [2.75, 3.05) is 5.32 Å². The first-order valence-electron chi connectivity index (χ1n) is 5.87. The van der Waals surface area contributed by atoms with E-state index in [4.69, 9.17) is 5.11 Å². The summed E-state index contributed by atoms with van der Waals surface area (Å²) in [6.45, 7) is 6.13. The first-order chi connectivity index (χ1) is 8.91. The van der Waals surface area contributed by atoms with Crippen LogP contribution in [-0.2, 0) is 16.8 Å². The largest absolute Gasteiger partial charge is 0.481 e. The molecular weight excluding hydrogens is 280 g/mol. The Hall–Kier alpha value is -1.40. The Morgan fingerprint density at radius 3 is 2.79 bits per heavy atom. The van der Waals surface area contributed by atoms with E-state index in [0.29, 0.717) is 5.69 Å². The third kappa shape index (κ3) is 2.96. The predicted octanol–water partition coefficient (Wildman–Crippen LogP) is 3.49. The maximum atomic E-state index is 11.2. The zero-order valence-electron chi connectivity index (χ0n) is 11.1. The van der Waals surface area contributed by atoms with Gasteiger partial charge in [-0.2, -0.15) is 0 Å². The number of aromatic nitrogens is 1. The number of carboxylic acid groups (broad SMARTS) is 1. The second-order valence-electron chi connectivity index (χ2n) is 4.85. The maximum absolute atomic E-state index is 11.2. The number of hydrogen-bond acceptors (Lipinski definition) is 5. The van der Waals surface area contributed by atoms with Gasteiger partial charge in [0.15, 0.2) is 5.13 Å². The zero-order chi connectivity index (χ0) is 14.0. The van der Waals surface area contributed by atoms with Crippen molar-refractivity contribution in [3.8, 4) is 0 Å². The maximum Gasteiger partial charge on any atom is 0.315 e. The molecule has 4 nitrogen and oxygen atoms in total. The second-order valence-corrected chi connectivity index (χ2v) is 6.71. The van der Waals surface area contributed by atoms with Gasteiger partial charge in [-0.3, -0.25) is 4.79 Å². The zero-order valence-corrected chi connectivity index (χ0v) is 12.7. The highest BCUT2D eigenvalue weighted by molar-refractivity contribution is 7.13. The molecule has 2 rings (SSSR count). The Bertz CT molecular complexity index is 587.